The SMILES string of the molecule is COC(=O)c1ccc(CNCCC(C)(C)O)cc1. The van der Waals surface area contributed by atoms with E-state index in [1.807, 2.05) is 12.1 Å². The Kier molecular flexibility index (Phi) is 5.31. The van der Waals surface area contributed by atoms with Crippen molar-refractivity contribution in [2.24, 2.45) is 0 Å². The number of methoxy groups -OCH3 is 1. The fraction of sp³-hybridized carbons (Fsp3) is 0.500. The normalized spacial score (nSPS) is 11.3. The number of aliphatic hydroxyl groups is 1. The number of carbonyl (C=O) groups is 1. The fourth-order valence-electron chi connectivity index (χ4n) is 1.50. The molecule has 0 unspecified atom stereocenters. The highest BCUT2D eigenvalue weighted by atomic mass is 16.5. The van der Waals surface area contributed by atoms with Gasteiger partial charge in [0.2, 0.25) is 0 Å². The van der Waals surface area contributed by atoms with E-state index in [-0.39, 0.29) is 5.97 Å². The van der Waals surface area contributed by atoms with Crippen LogP contribution in [0.25, 0.3) is 0 Å². The Morgan fingerprint density at radius 3 is 2.44 bits per heavy atom. The quantitative estimate of drug-likeness (QED) is 0.597. The summed E-state index contributed by atoms with van der Waals surface area (Å²) in [5, 5.41) is 12.8. The van der Waals surface area contributed by atoms with Crippen molar-refractivity contribution in [1.82, 2.24) is 5.32 Å². The molecule has 0 spiro atoms. The van der Waals surface area contributed by atoms with Crippen LogP contribution in [0.1, 0.15) is 36.2 Å². The largest absolute Gasteiger partial charge is 0.465 e. The third-order valence-electron chi connectivity index (χ3n) is 2.62. The zero-order chi connectivity index (χ0) is 13.6. The van der Waals surface area contributed by atoms with E-state index in [4.69, 9.17) is 0 Å². The van der Waals surface area contributed by atoms with E-state index in [0.29, 0.717) is 12.0 Å². The van der Waals surface area contributed by atoms with Crippen molar-refractivity contribution in [3.05, 3.63) is 35.4 Å². The Labute approximate surface area is 108 Å². The Hall–Kier alpha value is -1.39. The Bertz CT molecular complexity index is 379. The predicted molar refractivity (Wildman–Crippen MR) is 70.4 cm³/mol. The lowest BCUT2D eigenvalue weighted by atomic mass is 10.1. The van der Waals surface area contributed by atoms with Crippen LogP contribution in [0.2, 0.25) is 0 Å². The van der Waals surface area contributed by atoms with Gasteiger partial charge in [0, 0.05) is 6.54 Å². The second-order valence-electron chi connectivity index (χ2n) is 4.93. The van der Waals surface area contributed by atoms with Gasteiger partial charge in [-0.25, -0.2) is 4.79 Å². The third kappa shape index (κ3) is 5.29. The number of hydrogen-bond acceptors (Lipinski definition) is 4. The molecule has 18 heavy (non-hydrogen) atoms. The minimum absolute atomic E-state index is 0.323. The molecule has 0 aliphatic heterocycles. The van der Waals surface area contributed by atoms with Crippen molar-refractivity contribution >= 4 is 5.97 Å². The van der Waals surface area contributed by atoms with E-state index in [1.54, 1.807) is 26.0 Å². The first kappa shape index (κ1) is 14.7. The number of nitrogens with one attached hydrogen (secondary N) is 1. The summed E-state index contributed by atoms with van der Waals surface area (Å²) in [6.45, 7) is 5.06. The molecule has 1 aromatic rings. The monoisotopic (exact) mass is 251 g/mol. The summed E-state index contributed by atoms with van der Waals surface area (Å²) in [6, 6.07) is 7.28. The van der Waals surface area contributed by atoms with Gasteiger partial charge in [0.05, 0.1) is 18.3 Å². The molecule has 0 amide bonds. The fourth-order valence-corrected chi connectivity index (χ4v) is 1.50. The van der Waals surface area contributed by atoms with E-state index in [1.165, 1.54) is 7.11 Å². The zero-order valence-corrected chi connectivity index (χ0v) is 11.2. The Morgan fingerprint density at radius 1 is 1.33 bits per heavy atom. The van der Waals surface area contributed by atoms with E-state index in [2.05, 4.69) is 10.1 Å². The van der Waals surface area contributed by atoms with Gasteiger partial charge in [0.25, 0.3) is 0 Å². The highest BCUT2D eigenvalue weighted by molar-refractivity contribution is 5.89. The van der Waals surface area contributed by atoms with Crippen molar-refractivity contribution in [1.29, 1.82) is 0 Å². The van der Waals surface area contributed by atoms with Gasteiger partial charge in [-0.15, -0.1) is 0 Å². The molecule has 0 atom stereocenters. The van der Waals surface area contributed by atoms with E-state index in [9.17, 15) is 9.90 Å². The van der Waals surface area contributed by atoms with Crippen molar-refractivity contribution in [3.63, 3.8) is 0 Å². The summed E-state index contributed by atoms with van der Waals surface area (Å²) < 4.78 is 4.63. The number of hydrogen-bond donors (Lipinski definition) is 2. The van der Waals surface area contributed by atoms with Crippen molar-refractivity contribution in [2.45, 2.75) is 32.4 Å². The number of esters is 1. The molecular formula is C14H21NO3. The summed E-state index contributed by atoms with van der Waals surface area (Å²) >= 11 is 0. The Morgan fingerprint density at radius 2 is 1.94 bits per heavy atom. The molecule has 0 fully saturated rings. The summed E-state index contributed by atoms with van der Waals surface area (Å²) in [4.78, 5) is 11.2. The summed E-state index contributed by atoms with van der Waals surface area (Å²) in [5.74, 6) is -0.323. The third-order valence-corrected chi connectivity index (χ3v) is 2.62. The summed E-state index contributed by atoms with van der Waals surface area (Å²) in [6.07, 6.45) is 0.702. The highest BCUT2D eigenvalue weighted by Gasteiger charge is 2.11. The van der Waals surface area contributed by atoms with Crippen LogP contribution in [-0.4, -0.2) is 30.3 Å². The number of ether oxygens (including phenoxy) is 1. The van der Waals surface area contributed by atoms with Crippen LogP contribution in [0.4, 0.5) is 0 Å². The maximum atomic E-state index is 11.2. The molecule has 0 radical (unpaired) electrons. The van der Waals surface area contributed by atoms with E-state index in [0.717, 1.165) is 18.7 Å². The zero-order valence-electron chi connectivity index (χ0n) is 11.2. The Balaban J connectivity index is 2.38. The average molecular weight is 251 g/mol. The molecular weight excluding hydrogens is 230 g/mol. The minimum atomic E-state index is -0.637. The number of carbonyl (C=O) groups excluding carboxylic acids is 1. The van der Waals surface area contributed by atoms with Gasteiger partial charge >= 0.3 is 5.97 Å². The van der Waals surface area contributed by atoms with Gasteiger partial charge in [-0.3, -0.25) is 0 Å². The van der Waals surface area contributed by atoms with Crippen LogP contribution >= 0.6 is 0 Å². The van der Waals surface area contributed by atoms with Crippen LogP contribution in [0.3, 0.4) is 0 Å². The van der Waals surface area contributed by atoms with Gasteiger partial charge < -0.3 is 15.2 Å². The van der Waals surface area contributed by atoms with E-state index < -0.39 is 5.60 Å². The van der Waals surface area contributed by atoms with Gasteiger partial charge in [0.1, 0.15) is 0 Å². The molecule has 0 saturated carbocycles. The van der Waals surface area contributed by atoms with Crippen LogP contribution < -0.4 is 5.32 Å². The maximum absolute atomic E-state index is 11.2. The molecule has 0 aliphatic carbocycles. The lowest BCUT2D eigenvalue weighted by molar-refractivity contribution is 0.0600. The van der Waals surface area contributed by atoms with Gasteiger partial charge in [0.15, 0.2) is 0 Å². The maximum Gasteiger partial charge on any atom is 0.337 e. The lowest BCUT2D eigenvalue weighted by Crippen LogP contribution is -2.26. The molecule has 0 aliphatic rings. The molecule has 1 aromatic carbocycles. The molecule has 0 aromatic heterocycles. The smallest absolute Gasteiger partial charge is 0.337 e. The summed E-state index contributed by atoms with van der Waals surface area (Å²) in [5.41, 5.74) is 1.01. The molecule has 0 heterocycles. The van der Waals surface area contributed by atoms with E-state index >= 15 is 0 Å². The first-order valence-electron chi connectivity index (χ1n) is 6.03. The van der Waals surface area contributed by atoms with Crippen LogP contribution in [0, 0.1) is 0 Å². The predicted octanol–water partition coefficient (Wildman–Crippen LogP) is 1.72. The first-order chi connectivity index (χ1) is 8.42. The van der Waals surface area contributed by atoms with Gasteiger partial charge in [-0.2, -0.15) is 0 Å². The molecule has 1 rings (SSSR count). The minimum Gasteiger partial charge on any atom is -0.465 e. The topological polar surface area (TPSA) is 58.6 Å². The molecule has 0 bridgehead atoms. The van der Waals surface area contributed by atoms with Crippen molar-refractivity contribution < 1.29 is 14.6 Å². The molecule has 4 nitrogen and oxygen atoms in total. The number of benzene rings is 1. The van der Waals surface area contributed by atoms with Gasteiger partial charge in [-0.05, 0) is 44.5 Å². The first-order valence-corrected chi connectivity index (χ1v) is 6.03. The second kappa shape index (κ2) is 6.52. The molecule has 0 saturated heterocycles. The molecule has 100 valence electrons. The average Bonchev–Trinajstić information content (AvgIpc) is 2.33. The lowest BCUT2D eigenvalue weighted by Gasteiger charge is -2.17. The number of rotatable bonds is 6. The van der Waals surface area contributed by atoms with Crippen molar-refractivity contribution in [2.75, 3.05) is 13.7 Å². The molecule has 2 N–H and O–H groups in total. The van der Waals surface area contributed by atoms with Crippen molar-refractivity contribution in [3.8, 4) is 0 Å². The summed E-state index contributed by atoms with van der Waals surface area (Å²) in [7, 11) is 1.37. The molecule has 4 heteroatoms. The second-order valence-corrected chi connectivity index (χ2v) is 4.93. The highest BCUT2D eigenvalue weighted by Crippen LogP contribution is 2.07. The van der Waals surface area contributed by atoms with Crippen LogP contribution in [-0.2, 0) is 11.3 Å². The van der Waals surface area contributed by atoms with Crippen LogP contribution in [0.15, 0.2) is 24.3 Å². The standard InChI is InChI=1S/C14H21NO3/c1-14(2,17)8-9-15-10-11-4-6-12(7-5-11)13(16)18-3/h4-7,15,17H,8-10H2,1-3H3. The van der Waals surface area contributed by atoms with Gasteiger partial charge in [-0.1, -0.05) is 12.1 Å². The van der Waals surface area contributed by atoms with Crippen LogP contribution in [0.5, 0.6) is 0 Å².